The van der Waals surface area contributed by atoms with E-state index in [0.29, 0.717) is 5.75 Å². The lowest BCUT2D eigenvalue weighted by Gasteiger charge is -2.19. The van der Waals surface area contributed by atoms with Crippen LogP contribution in [0, 0.1) is 0 Å². The molecule has 0 aliphatic rings. The van der Waals surface area contributed by atoms with Crippen molar-refractivity contribution in [3.05, 3.63) is 66.2 Å². The van der Waals surface area contributed by atoms with Gasteiger partial charge in [-0.05, 0) is 17.7 Å². The van der Waals surface area contributed by atoms with Gasteiger partial charge < -0.3 is 14.6 Å². The zero-order valence-corrected chi connectivity index (χ0v) is 11.7. The Morgan fingerprint density at radius 2 is 1.55 bits per heavy atom. The molecule has 0 spiro atoms. The van der Waals surface area contributed by atoms with Gasteiger partial charge >= 0.3 is 7.60 Å². The first-order valence-electron chi connectivity index (χ1n) is 6.09. The number of rotatable bonds is 6. The quantitative estimate of drug-likeness (QED) is 0.632. The van der Waals surface area contributed by atoms with E-state index in [9.17, 15) is 14.7 Å². The van der Waals surface area contributed by atoms with E-state index in [0.717, 1.165) is 10.6 Å². The molecule has 5 nitrogen and oxygen atoms in total. The van der Waals surface area contributed by atoms with Crippen molar-refractivity contribution in [1.82, 2.24) is 5.06 Å². The predicted molar refractivity (Wildman–Crippen MR) is 75.5 cm³/mol. The number of benzene rings is 2. The van der Waals surface area contributed by atoms with Gasteiger partial charge in [0.25, 0.3) is 0 Å². The lowest BCUT2D eigenvalue weighted by molar-refractivity contribution is -0.0853. The average Bonchev–Trinajstić information content (AvgIpc) is 2.39. The lowest BCUT2D eigenvalue weighted by atomic mass is 10.2. The monoisotopic (exact) mass is 293 g/mol. The van der Waals surface area contributed by atoms with Gasteiger partial charge in [-0.1, -0.05) is 48.5 Å². The summed E-state index contributed by atoms with van der Waals surface area (Å²) in [6.45, 7) is 0.156. The molecule has 20 heavy (non-hydrogen) atoms. The van der Waals surface area contributed by atoms with Gasteiger partial charge in [-0.15, -0.1) is 0 Å². The van der Waals surface area contributed by atoms with Crippen LogP contribution in [0.25, 0.3) is 0 Å². The molecule has 0 heterocycles. The predicted octanol–water partition coefficient (Wildman–Crippen LogP) is 3.10. The van der Waals surface area contributed by atoms with E-state index in [4.69, 9.17) is 4.52 Å². The van der Waals surface area contributed by atoms with Crippen LogP contribution in [0.15, 0.2) is 60.7 Å². The first-order valence-corrected chi connectivity index (χ1v) is 7.86. The van der Waals surface area contributed by atoms with Crippen LogP contribution >= 0.6 is 7.60 Å². The van der Waals surface area contributed by atoms with Crippen molar-refractivity contribution < 1.29 is 19.2 Å². The minimum absolute atomic E-state index is 0.156. The Morgan fingerprint density at radius 1 is 1.00 bits per heavy atom. The zero-order valence-electron chi connectivity index (χ0n) is 10.8. The van der Waals surface area contributed by atoms with E-state index in [1.807, 2.05) is 30.3 Å². The van der Waals surface area contributed by atoms with E-state index in [-0.39, 0.29) is 6.54 Å². The molecule has 1 unspecified atom stereocenters. The van der Waals surface area contributed by atoms with E-state index in [2.05, 4.69) is 0 Å². The zero-order chi connectivity index (χ0) is 14.4. The second kappa shape index (κ2) is 6.68. The molecule has 0 fully saturated rings. The van der Waals surface area contributed by atoms with Crippen molar-refractivity contribution in [1.29, 1.82) is 0 Å². The Labute approximate surface area is 117 Å². The summed E-state index contributed by atoms with van der Waals surface area (Å²) in [5.74, 6) is 0.298. The van der Waals surface area contributed by atoms with Gasteiger partial charge in [-0.3, -0.25) is 0 Å². The van der Waals surface area contributed by atoms with Crippen LogP contribution in [-0.4, -0.2) is 21.4 Å². The Hall–Kier alpha value is -1.65. The molecule has 0 amide bonds. The highest BCUT2D eigenvalue weighted by Crippen LogP contribution is 2.42. The largest absolute Gasteiger partial charge is 0.424 e. The van der Waals surface area contributed by atoms with Crippen LogP contribution in [0.5, 0.6) is 5.75 Å². The topological polar surface area (TPSA) is 70.0 Å². The molecule has 0 saturated carbocycles. The van der Waals surface area contributed by atoms with E-state index < -0.39 is 13.9 Å². The summed E-state index contributed by atoms with van der Waals surface area (Å²) >= 11 is 0. The summed E-state index contributed by atoms with van der Waals surface area (Å²) < 4.78 is 16.9. The van der Waals surface area contributed by atoms with Gasteiger partial charge in [0.15, 0.2) is 0 Å². The summed E-state index contributed by atoms with van der Waals surface area (Å²) in [6.07, 6.45) is -0.462. The molecule has 1 atom stereocenters. The van der Waals surface area contributed by atoms with Crippen molar-refractivity contribution in [3.8, 4) is 5.75 Å². The van der Waals surface area contributed by atoms with Gasteiger partial charge in [0, 0.05) is 6.54 Å². The molecule has 2 N–H and O–H groups in total. The Morgan fingerprint density at radius 3 is 2.15 bits per heavy atom. The summed E-state index contributed by atoms with van der Waals surface area (Å²) in [5, 5.41) is 10.5. The minimum Gasteiger partial charge on any atom is -0.424 e. The summed E-state index contributed by atoms with van der Waals surface area (Å²) in [4.78, 5) is 9.75. The Balaban J connectivity index is 1.92. The molecule has 0 aromatic heterocycles. The fourth-order valence-corrected chi connectivity index (χ4v) is 2.75. The molecular weight excluding hydrogens is 277 g/mol. The second-order valence-electron chi connectivity index (χ2n) is 4.33. The normalized spacial score (nSPS) is 13.9. The molecule has 2 aromatic carbocycles. The molecule has 0 aliphatic carbocycles. The third kappa shape index (κ3) is 4.79. The number of nitrogens with zero attached hydrogens (tertiary/aromatic N) is 1. The van der Waals surface area contributed by atoms with Gasteiger partial charge in [-0.2, -0.15) is 5.06 Å². The molecular formula is C14H16NO4P. The fourth-order valence-electron chi connectivity index (χ4n) is 1.73. The lowest BCUT2D eigenvalue weighted by Crippen LogP contribution is -2.21. The van der Waals surface area contributed by atoms with Crippen molar-refractivity contribution in [2.24, 2.45) is 0 Å². The van der Waals surface area contributed by atoms with Crippen LogP contribution in [0.3, 0.4) is 0 Å². The first kappa shape index (κ1) is 14.8. The second-order valence-corrected chi connectivity index (χ2v) is 6.07. The van der Waals surface area contributed by atoms with Crippen molar-refractivity contribution >= 4 is 7.60 Å². The van der Waals surface area contributed by atoms with Crippen molar-refractivity contribution in [2.75, 3.05) is 6.29 Å². The Bertz CT molecular complexity index is 576. The summed E-state index contributed by atoms with van der Waals surface area (Å²) in [7, 11) is -3.93. The number of hydroxylamine groups is 2. The third-order valence-corrected chi connectivity index (χ3v) is 3.72. The molecule has 6 heteroatoms. The van der Waals surface area contributed by atoms with Gasteiger partial charge in [0.2, 0.25) is 0 Å². The molecule has 106 valence electrons. The van der Waals surface area contributed by atoms with Gasteiger partial charge in [0.05, 0.1) is 0 Å². The smallest absolute Gasteiger partial charge is 0.392 e. The van der Waals surface area contributed by atoms with E-state index >= 15 is 0 Å². The van der Waals surface area contributed by atoms with Gasteiger partial charge in [0.1, 0.15) is 12.0 Å². The standard InChI is InChI=1S/C14H16NO4P/c16-15(11-13-7-3-1-4-8-13)12-20(17,18)19-14-9-5-2-6-10-14/h1-10,16H,11-12H2,(H,17,18). The summed E-state index contributed by atoms with van der Waals surface area (Å²) in [5.41, 5.74) is 0.842. The fraction of sp³-hybridized carbons (Fsp3) is 0.143. The maximum absolute atomic E-state index is 11.9. The average molecular weight is 293 g/mol. The number of para-hydroxylation sites is 1. The van der Waals surface area contributed by atoms with Crippen LogP contribution in [0.2, 0.25) is 0 Å². The third-order valence-electron chi connectivity index (χ3n) is 2.54. The van der Waals surface area contributed by atoms with E-state index in [1.165, 1.54) is 0 Å². The molecule has 2 rings (SSSR count). The van der Waals surface area contributed by atoms with Crippen LogP contribution in [-0.2, 0) is 11.1 Å². The Kier molecular flexibility index (Phi) is 4.93. The highest BCUT2D eigenvalue weighted by Gasteiger charge is 2.24. The molecule has 0 radical (unpaired) electrons. The summed E-state index contributed by atoms with van der Waals surface area (Å²) in [6, 6.07) is 17.5. The molecule has 0 bridgehead atoms. The molecule has 2 aromatic rings. The van der Waals surface area contributed by atoms with Gasteiger partial charge in [-0.25, -0.2) is 4.57 Å². The molecule has 0 aliphatic heterocycles. The SMILES string of the molecule is O=P(O)(CN(O)Cc1ccccc1)Oc1ccccc1. The first-order chi connectivity index (χ1) is 9.55. The molecule has 0 saturated heterocycles. The number of hydrogen-bond donors (Lipinski definition) is 2. The van der Waals surface area contributed by atoms with Crippen LogP contribution in [0.4, 0.5) is 0 Å². The van der Waals surface area contributed by atoms with Crippen molar-refractivity contribution in [3.63, 3.8) is 0 Å². The van der Waals surface area contributed by atoms with Crippen LogP contribution in [0.1, 0.15) is 5.56 Å². The maximum Gasteiger partial charge on any atom is 0.392 e. The number of hydrogen-bond acceptors (Lipinski definition) is 4. The van der Waals surface area contributed by atoms with Crippen LogP contribution < -0.4 is 4.52 Å². The highest BCUT2D eigenvalue weighted by molar-refractivity contribution is 7.53. The van der Waals surface area contributed by atoms with E-state index in [1.54, 1.807) is 30.3 Å². The minimum atomic E-state index is -3.93. The maximum atomic E-state index is 11.9. The van der Waals surface area contributed by atoms with Crippen molar-refractivity contribution in [2.45, 2.75) is 6.54 Å². The highest BCUT2D eigenvalue weighted by atomic mass is 31.2.